The van der Waals surface area contributed by atoms with Gasteiger partial charge in [0.15, 0.2) is 5.78 Å². The molecule has 0 N–H and O–H groups in total. The van der Waals surface area contributed by atoms with Gasteiger partial charge in [-0.1, -0.05) is 30.3 Å². The molecule has 2 aromatic rings. The highest BCUT2D eigenvalue weighted by atomic mass is 19.4. The van der Waals surface area contributed by atoms with Crippen LogP contribution in [0, 0.1) is 5.92 Å². The molecule has 2 fully saturated rings. The molecule has 0 radical (unpaired) electrons. The molecule has 2 heterocycles. The third-order valence-electron chi connectivity index (χ3n) is 6.27. The van der Waals surface area contributed by atoms with E-state index in [4.69, 9.17) is 9.47 Å². The molecule has 2 unspecified atom stereocenters. The molecule has 0 spiro atoms. The van der Waals surface area contributed by atoms with Gasteiger partial charge in [0.1, 0.15) is 12.4 Å². The van der Waals surface area contributed by atoms with Gasteiger partial charge in [-0.3, -0.25) is 4.79 Å². The van der Waals surface area contributed by atoms with Gasteiger partial charge in [-0.2, -0.15) is 13.2 Å². The van der Waals surface area contributed by atoms with Crippen LogP contribution in [-0.4, -0.2) is 36.0 Å². The third kappa shape index (κ3) is 4.59. The van der Waals surface area contributed by atoms with Gasteiger partial charge in [-0.25, -0.2) is 4.79 Å². The fourth-order valence-electron chi connectivity index (χ4n) is 4.74. The molecule has 0 aliphatic carbocycles. The molecule has 2 aliphatic heterocycles. The SMILES string of the molecule is COc1cc(C(=O)C2CC3CCC(C2)N3C(=O)OCc2ccccc2)cc(C(F)(F)F)c1. The maximum Gasteiger partial charge on any atom is 0.416 e. The van der Waals surface area contributed by atoms with Crippen molar-refractivity contribution in [2.24, 2.45) is 5.92 Å². The molecule has 2 aliphatic rings. The van der Waals surface area contributed by atoms with Crippen molar-refractivity contribution in [1.29, 1.82) is 0 Å². The number of ketones is 1. The zero-order valence-electron chi connectivity index (χ0n) is 17.6. The molecular weight excluding hydrogens is 423 g/mol. The van der Waals surface area contributed by atoms with Crippen LogP contribution in [0.4, 0.5) is 18.0 Å². The van der Waals surface area contributed by atoms with Crippen LogP contribution in [0.1, 0.15) is 47.2 Å². The third-order valence-corrected chi connectivity index (χ3v) is 6.27. The Morgan fingerprint density at radius 2 is 1.69 bits per heavy atom. The van der Waals surface area contributed by atoms with Crippen molar-refractivity contribution in [3.63, 3.8) is 0 Å². The number of hydrogen-bond acceptors (Lipinski definition) is 4. The van der Waals surface area contributed by atoms with Gasteiger partial charge in [0.2, 0.25) is 0 Å². The molecule has 4 rings (SSSR count). The van der Waals surface area contributed by atoms with Crippen molar-refractivity contribution in [2.45, 2.75) is 50.6 Å². The average Bonchev–Trinajstić information content (AvgIpc) is 3.06. The van der Waals surface area contributed by atoms with Gasteiger partial charge >= 0.3 is 12.3 Å². The first-order chi connectivity index (χ1) is 15.3. The highest BCUT2D eigenvalue weighted by molar-refractivity contribution is 5.98. The molecule has 2 saturated heterocycles. The number of ether oxygens (including phenoxy) is 2. The van der Waals surface area contributed by atoms with E-state index in [2.05, 4.69) is 0 Å². The van der Waals surface area contributed by atoms with Crippen LogP contribution in [0.5, 0.6) is 5.75 Å². The number of alkyl halides is 3. The number of halogens is 3. The highest BCUT2D eigenvalue weighted by Gasteiger charge is 2.46. The summed E-state index contributed by atoms with van der Waals surface area (Å²) in [6.45, 7) is 0.169. The summed E-state index contributed by atoms with van der Waals surface area (Å²) in [6, 6.07) is 12.2. The minimum atomic E-state index is -4.57. The van der Waals surface area contributed by atoms with E-state index in [9.17, 15) is 22.8 Å². The van der Waals surface area contributed by atoms with E-state index in [1.807, 2.05) is 30.3 Å². The Hall–Kier alpha value is -3.03. The molecule has 2 bridgehead atoms. The zero-order chi connectivity index (χ0) is 22.9. The largest absolute Gasteiger partial charge is 0.497 e. The summed E-state index contributed by atoms with van der Waals surface area (Å²) in [5.74, 6) is -0.796. The van der Waals surface area contributed by atoms with Gasteiger partial charge in [0, 0.05) is 23.6 Å². The van der Waals surface area contributed by atoms with E-state index in [0.29, 0.717) is 12.8 Å². The minimum absolute atomic E-state index is 0.00641. The second-order valence-electron chi connectivity index (χ2n) is 8.31. The van der Waals surface area contributed by atoms with Crippen LogP contribution in [0.25, 0.3) is 0 Å². The molecule has 2 atom stereocenters. The van der Waals surface area contributed by atoms with Crippen LogP contribution in [0.3, 0.4) is 0 Å². The van der Waals surface area contributed by atoms with Crippen molar-refractivity contribution in [1.82, 2.24) is 4.90 Å². The van der Waals surface area contributed by atoms with E-state index in [1.165, 1.54) is 13.2 Å². The maximum absolute atomic E-state index is 13.2. The number of hydrogen-bond donors (Lipinski definition) is 0. The Morgan fingerprint density at radius 3 is 2.28 bits per heavy atom. The van der Waals surface area contributed by atoms with Gasteiger partial charge in [-0.15, -0.1) is 0 Å². The molecule has 0 aromatic heterocycles. The number of carbonyl (C=O) groups excluding carboxylic acids is 2. The van der Waals surface area contributed by atoms with Gasteiger partial charge in [0.25, 0.3) is 0 Å². The number of methoxy groups -OCH3 is 1. The zero-order valence-corrected chi connectivity index (χ0v) is 17.6. The van der Waals surface area contributed by atoms with Gasteiger partial charge in [-0.05, 0) is 49.4 Å². The van der Waals surface area contributed by atoms with E-state index in [1.54, 1.807) is 4.90 Å². The lowest BCUT2D eigenvalue weighted by Crippen LogP contribution is -2.48. The summed E-state index contributed by atoms with van der Waals surface area (Å²) in [5, 5.41) is 0. The Labute approximate surface area is 184 Å². The summed E-state index contributed by atoms with van der Waals surface area (Å²) < 4.78 is 50.1. The number of carbonyl (C=O) groups is 2. The van der Waals surface area contributed by atoms with E-state index in [0.717, 1.165) is 30.5 Å². The molecule has 1 amide bonds. The lowest BCUT2D eigenvalue weighted by atomic mass is 9.84. The fourth-order valence-corrected chi connectivity index (χ4v) is 4.74. The van der Waals surface area contributed by atoms with Crippen LogP contribution >= 0.6 is 0 Å². The Morgan fingerprint density at radius 1 is 1.03 bits per heavy atom. The Kier molecular flexibility index (Phi) is 6.13. The molecule has 8 heteroatoms. The first-order valence-electron chi connectivity index (χ1n) is 10.6. The van der Waals surface area contributed by atoms with Crippen LogP contribution < -0.4 is 4.74 Å². The number of nitrogens with zero attached hydrogens (tertiary/aromatic N) is 1. The highest BCUT2D eigenvalue weighted by Crippen LogP contribution is 2.41. The summed E-state index contributed by atoms with van der Waals surface area (Å²) in [4.78, 5) is 27.5. The lowest BCUT2D eigenvalue weighted by molar-refractivity contribution is -0.137. The first kappa shape index (κ1) is 22.2. The summed E-state index contributed by atoms with van der Waals surface area (Å²) >= 11 is 0. The molecule has 2 aromatic carbocycles. The fraction of sp³-hybridized carbons (Fsp3) is 0.417. The smallest absolute Gasteiger partial charge is 0.416 e. The quantitative estimate of drug-likeness (QED) is 0.570. The van der Waals surface area contributed by atoms with Gasteiger partial charge in [0.05, 0.1) is 12.7 Å². The topological polar surface area (TPSA) is 55.8 Å². The van der Waals surface area contributed by atoms with Crippen molar-refractivity contribution in [3.8, 4) is 5.75 Å². The minimum Gasteiger partial charge on any atom is -0.497 e. The molecule has 170 valence electrons. The lowest BCUT2D eigenvalue weighted by Gasteiger charge is -2.37. The van der Waals surface area contributed by atoms with E-state index >= 15 is 0 Å². The van der Waals surface area contributed by atoms with Gasteiger partial charge < -0.3 is 14.4 Å². The summed E-state index contributed by atoms with van der Waals surface area (Å²) in [6.07, 6.45) is -2.66. The number of piperidine rings is 1. The summed E-state index contributed by atoms with van der Waals surface area (Å²) in [5.41, 5.74) is -0.0389. The molecule has 32 heavy (non-hydrogen) atoms. The standard InChI is InChI=1S/C24H24F3NO4/c1-31-21-12-16(9-18(13-21)24(25,26)27)22(29)17-10-19-7-8-20(11-17)28(19)23(30)32-14-15-5-3-2-4-6-15/h2-6,9,12-13,17,19-20H,7-8,10-11,14H2,1H3. The first-order valence-corrected chi connectivity index (χ1v) is 10.6. The van der Waals surface area contributed by atoms with Crippen molar-refractivity contribution in [2.75, 3.05) is 7.11 Å². The number of amides is 1. The molecule has 0 saturated carbocycles. The maximum atomic E-state index is 13.2. The second kappa shape index (κ2) is 8.84. The summed E-state index contributed by atoms with van der Waals surface area (Å²) in [7, 11) is 1.27. The monoisotopic (exact) mass is 447 g/mol. The van der Waals surface area contributed by atoms with Crippen molar-refractivity contribution < 1.29 is 32.2 Å². The van der Waals surface area contributed by atoms with Crippen LogP contribution in [-0.2, 0) is 17.5 Å². The Bertz CT molecular complexity index is 978. The van der Waals surface area contributed by atoms with Crippen LogP contribution in [0.2, 0.25) is 0 Å². The number of fused-ring (bicyclic) bond motifs is 2. The normalized spacial score (nSPS) is 22.5. The van der Waals surface area contributed by atoms with E-state index < -0.39 is 23.8 Å². The number of Topliss-reactive ketones (excluding diaryl/α,β-unsaturated/α-hetero) is 1. The van der Waals surface area contributed by atoms with Crippen LogP contribution in [0.15, 0.2) is 48.5 Å². The number of benzene rings is 2. The second-order valence-corrected chi connectivity index (χ2v) is 8.31. The predicted octanol–water partition coefficient (Wildman–Crippen LogP) is 5.48. The predicted molar refractivity (Wildman–Crippen MR) is 110 cm³/mol. The average molecular weight is 447 g/mol. The van der Waals surface area contributed by atoms with E-state index in [-0.39, 0.29) is 35.8 Å². The molecular formula is C24H24F3NO4. The van der Waals surface area contributed by atoms with Crippen molar-refractivity contribution >= 4 is 11.9 Å². The molecule has 5 nitrogen and oxygen atoms in total. The van der Waals surface area contributed by atoms with Crippen molar-refractivity contribution in [3.05, 3.63) is 65.2 Å². The number of rotatable bonds is 5. The Balaban J connectivity index is 1.45.